The molecule has 0 unspecified atom stereocenters. The molecule has 1 aromatic carbocycles. The van der Waals surface area contributed by atoms with Crippen LogP contribution < -0.4 is 0 Å². The number of hydrogen-bond acceptors (Lipinski definition) is 1. The van der Waals surface area contributed by atoms with Crippen LogP contribution in [0.1, 0.15) is 24.6 Å². The minimum atomic E-state index is 0.987. The number of H-pyrrole nitrogens is 1. The van der Waals surface area contributed by atoms with Crippen molar-refractivity contribution in [2.45, 2.75) is 26.7 Å². The van der Waals surface area contributed by atoms with Crippen LogP contribution in [0.25, 0.3) is 11.3 Å². The number of halogens is 1. The fourth-order valence-electron chi connectivity index (χ4n) is 1.72. The molecule has 1 aromatic heterocycles. The van der Waals surface area contributed by atoms with Crippen LogP contribution in [0.4, 0.5) is 0 Å². The fourth-order valence-corrected chi connectivity index (χ4v) is 2.13. The first-order chi connectivity index (χ1) is 7.72. The Labute approximate surface area is 104 Å². The number of rotatable bonds is 3. The van der Waals surface area contributed by atoms with Gasteiger partial charge >= 0.3 is 0 Å². The van der Waals surface area contributed by atoms with Gasteiger partial charge in [0, 0.05) is 11.3 Å². The van der Waals surface area contributed by atoms with Gasteiger partial charge in [-0.3, -0.25) is 5.10 Å². The third kappa shape index (κ3) is 2.19. The Bertz CT molecular complexity index is 471. The summed E-state index contributed by atoms with van der Waals surface area (Å²) in [5.74, 6) is 0. The first-order valence-electron chi connectivity index (χ1n) is 5.52. The van der Waals surface area contributed by atoms with Gasteiger partial charge in [-0.05, 0) is 34.8 Å². The monoisotopic (exact) mass is 278 g/mol. The van der Waals surface area contributed by atoms with Crippen molar-refractivity contribution in [2.75, 3.05) is 0 Å². The van der Waals surface area contributed by atoms with E-state index in [-0.39, 0.29) is 0 Å². The van der Waals surface area contributed by atoms with Crippen LogP contribution in [0.2, 0.25) is 0 Å². The standard InChI is InChI=1S/C13H15BrN2/c1-3-4-10-5-7-11(8-6-10)13-12(14)9(2)15-16-13/h5-8H,3-4H2,1-2H3,(H,15,16). The predicted octanol–water partition coefficient (Wildman–Crippen LogP) is 4.10. The van der Waals surface area contributed by atoms with Crippen LogP contribution in [0.5, 0.6) is 0 Å². The van der Waals surface area contributed by atoms with E-state index in [0.717, 1.165) is 27.8 Å². The number of aryl methyl sites for hydroxylation is 2. The lowest BCUT2D eigenvalue weighted by atomic mass is 10.1. The normalized spacial score (nSPS) is 10.7. The molecule has 1 heterocycles. The number of benzene rings is 1. The maximum absolute atomic E-state index is 4.29. The van der Waals surface area contributed by atoms with E-state index in [9.17, 15) is 0 Å². The third-order valence-electron chi connectivity index (χ3n) is 2.64. The highest BCUT2D eigenvalue weighted by Gasteiger charge is 2.08. The Kier molecular flexibility index (Phi) is 3.44. The van der Waals surface area contributed by atoms with E-state index in [1.165, 1.54) is 12.0 Å². The van der Waals surface area contributed by atoms with Crippen molar-refractivity contribution in [1.82, 2.24) is 10.2 Å². The first-order valence-corrected chi connectivity index (χ1v) is 6.31. The molecule has 1 N–H and O–H groups in total. The van der Waals surface area contributed by atoms with E-state index < -0.39 is 0 Å². The Morgan fingerprint density at radius 1 is 1.25 bits per heavy atom. The van der Waals surface area contributed by atoms with Crippen LogP contribution in [-0.2, 0) is 6.42 Å². The molecule has 0 aliphatic heterocycles. The third-order valence-corrected chi connectivity index (χ3v) is 3.61. The topological polar surface area (TPSA) is 28.7 Å². The van der Waals surface area contributed by atoms with Gasteiger partial charge < -0.3 is 0 Å². The van der Waals surface area contributed by atoms with Gasteiger partial charge in [0.05, 0.1) is 4.47 Å². The van der Waals surface area contributed by atoms with Crippen LogP contribution in [0.15, 0.2) is 28.7 Å². The molecule has 16 heavy (non-hydrogen) atoms. The summed E-state index contributed by atoms with van der Waals surface area (Å²) in [6.07, 6.45) is 2.32. The van der Waals surface area contributed by atoms with Crippen molar-refractivity contribution in [3.63, 3.8) is 0 Å². The van der Waals surface area contributed by atoms with E-state index >= 15 is 0 Å². The molecule has 0 fully saturated rings. The smallest absolute Gasteiger partial charge is 0.107 e. The minimum absolute atomic E-state index is 0.987. The highest BCUT2D eigenvalue weighted by Crippen LogP contribution is 2.28. The number of nitrogens with zero attached hydrogens (tertiary/aromatic N) is 1. The lowest BCUT2D eigenvalue weighted by Crippen LogP contribution is -1.84. The molecule has 2 nitrogen and oxygen atoms in total. The fraction of sp³-hybridized carbons (Fsp3) is 0.308. The number of nitrogens with one attached hydrogen (secondary N) is 1. The molecule has 0 saturated carbocycles. The van der Waals surface area contributed by atoms with Gasteiger partial charge in [0.15, 0.2) is 0 Å². The summed E-state index contributed by atoms with van der Waals surface area (Å²) in [4.78, 5) is 0. The molecule has 0 aliphatic carbocycles. The van der Waals surface area contributed by atoms with Gasteiger partial charge in [-0.15, -0.1) is 0 Å². The largest absolute Gasteiger partial charge is 0.281 e. The van der Waals surface area contributed by atoms with Crippen LogP contribution >= 0.6 is 15.9 Å². The number of aromatic nitrogens is 2. The molecule has 2 rings (SSSR count). The second-order valence-corrected chi connectivity index (χ2v) is 4.75. The lowest BCUT2D eigenvalue weighted by molar-refractivity contribution is 0.922. The van der Waals surface area contributed by atoms with Crippen molar-refractivity contribution >= 4 is 15.9 Å². The predicted molar refractivity (Wildman–Crippen MR) is 70.5 cm³/mol. The van der Waals surface area contributed by atoms with Crippen molar-refractivity contribution < 1.29 is 0 Å². The summed E-state index contributed by atoms with van der Waals surface area (Å²) in [6, 6.07) is 8.61. The molecule has 0 saturated heterocycles. The summed E-state index contributed by atoms with van der Waals surface area (Å²) in [5, 5.41) is 7.27. The highest BCUT2D eigenvalue weighted by atomic mass is 79.9. The zero-order valence-electron chi connectivity index (χ0n) is 9.55. The summed E-state index contributed by atoms with van der Waals surface area (Å²) < 4.78 is 1.05. The molecule has 2 aromatic rings. The summed E-state index contributed by atoms with van der Waals surface area (Å²) in [6.45, 7) is 4.20. The minimum Gasteiger partial charge on any atom is -0.281 e. The van der Waals surface area contributed by atoms with Gasteiger partial charge in [0.2, 0.25) is 0 Å². The Morgan fingerprint density at radius 3 is 2.44 bits per heavy atom. The van der Waals surface area contributed by atoms with Gasteiger partial charge in [0.1, 0.15) is 5.69 Å². The first kappa shape index (κ1) is 11.4. The van der Waals surface area contributed by atoms with E-state index in [0.29, 0.717) is 0 Å². The molecule has 0 atom stereocenters. The van der Waals surface area contributed by atoms with E-state index in [2.05, 4.69) is 57.3 Å². The average molecular weight is 279 g/mol. The lowest BCUT2D eigenvalue weighted by Gasteiger charge is -2.01. The molecule has 0 radical (unpaired) electrons. The molecular weight excluding hydrogens is 264 g/mol. The Balaban J connectivity index is 2.31. The van der Waals surface area contributed by atoms with Crippen molar-refractivity contribution in [3.8, 4) is 11.3 Å². The second-order valence-electron chi connectivity index (χ2n) is 3.96. The quantitative estimate of drug-likeness (QED) is 0.900. The second kappa shape index (κ2) is 4.83. The Hall–Kier alpha value is -1.09. The number of hydrogen-bond donors (Lipinski definition) is 1. The summed E-state index contributed by atoms with van der Waals surface area (Å²) in [5.41, 5.74) is 4.58. The molecular formula is C13H15BrN2. The average Bonchev–Trinajstić information content (AvgIpc) is 2.62. The van der Waals surface area contributed by atoms with Crippen LogP contribution in [0, 0.1) is 6.92 Å². The molecule has 0 aliphatic rings. The van der Waals surface area contributed by atoms with Crippen molar-refractivity contribution in [3.05, 3.63) is 40.0 Å². The maximum atomic E-state index is 4.29. The number of aromatic amines is 1. The highest BCUT2D eigenvalue weighted by molar-refractivity contribution is 9.10. The molecule has 0 bridgehead atoms. The van der Waals surface area contributed by atoms with E-state index in [1.54, 1.807) is 0 Å². The molecule has 84 valence electrons. The molecule has 0 spiro atoms. The zero-order valence-corrected chi connectivity index (χ0v) is 11.1. The van der Waals surface area contributed by atoms with Gasteiger partial charge in [-0.2, -0.15) is 5.10 Å². The van der Waals surface area contributed by atoms with Crippen molar-refractivity contribution in [1.29, 1.82) is 0 Å². The maximum Gasteiger partial charge on any atom is 0.107 e. The Morgan fingerprint density at radius 2 is 1.94 bits per heavy atom. The SMILES string of the molecule is CCCc1ccc(-c2n[nH]c(C)c2Br)cc1. The van der Waals surface area contributed by atoms with E-state index in [4.69, 9.17) is 0 Å². The van der Waals surface area contributed by atoms with Crippen molar-refractivity contribution in [2.24, 2.45) is 0 Å². The molecule has 0 amide bonds. The van der Waals surface area contributed by atoms with Crippen LogP contribution in [0.3, 0.4) is 0 Å². The summed E-state index contributed by atoms with van der Waals surface area (Å²) >= 11 is 3.54. The van der Waals surface area contributed by atoms with Gasteiger partial charge in [-0.25, -0.2) is 0 Å². The zero-order chi connectivity index (χ0) is 11.5. The van der Waals surface area contributed by atoms with E-state index in [1.807, 2.05) is 6.92 Å². The summed E-state index contributed by atoms with van der Waals surface area (Å²) in [7, 11) is 0. The van der Waals surface area contributed by atoms with Gasteiger partial charge in [-0.1, -0.05) is 37.6 Å². The van der Waals surface area contributed by atoms with Crippen LogP contribution in [-0.4, -0.2) is 10.2 Å². The molecule has 3 heteroatoms. The van der Waals surface area contributed by atoms with Gasteiger partial charge in [0.25, 0.3) is 0 Å².